The number of alkyl halides is 3. The van der Waals surface area contributed by atoms with Gasteiger partial charge in [0.05, 0.1) is 12.0 Å². The number of H-pyrrole nitrogens is 2. The molecule has 0 saturated heterocycles. The second-order valence-electron chi connectivity index (χ2n) is 9.44. The third kappa shape index (κ3) is 6.53. The Labute approximate surface area is 228 Å². The zero-order chi connectivity index (χ0) is 29.3. The number of benzene rings is 3. The molecule has 0 fully saturated rings. The lowest BCUT2D eigenvalue weighted by Gasteiger charge is -2.16. The van der Waals surface area contributed by atoms with Crippen molar-refractivity contribution in [3.63, 3.8) is 0 Å². The lowest BCUT2D eigenvalue weighted by atomic mass is 10.0. The SMILES string of the molecule is O=C(O)CCc1cc(F)cc(Cc2cnc(-c3cc(Oc4c(F)cc5[nH]ccc5c4CC(F)(F)F)ccc3F)[nH]2)c1. The summed E-state index contributed by atoms with van der Waals surface area (Å²) in [7, 11) is 0. The highest BCUT2D eigenvalue weighted by molar-refractivity contribution is 5.85. The zero-order valence-corrected chi connectivity index (χ0v) is 21.1. The Bertz CT molecular complexity index is 1740. The van der Waals surface area contributed by atoms with Crippen LogP contribution in [0.15, 0.2) is 60.9 Å². The van der Waals surface area contributed by atoms with Crippen molar-refractivity contribution < 1.29 is 41.0 Å². The van der Waals surface area contributed by atoms with Gasteiger partial charge in [-0.05, 0) is 53.9 Å². The van der Waals surface area contributed by atoms with Crippen LogP contribution in [-0.4, -0.2) is 32.2 Å². The molecular formula is C29H21F6N3O3. The predicted molar refractivity (Wildman–Crippen MR) is 137 cm³/mol. The summed E-state index contributed by atoms with van der Waals surface area (Å²) in [5.41, 5.74) is 1.20. The van der Waals surface area contributed by atoms with Gasteiger partial charge >= 0.3 is 12.1 Å². The van der Waals surface area contributed by atoms with Gasteiger partial charge in [0.2, 0.25) is 0 Å². The van der Waals surface area contributed by atoms with E-state index in [1.54, 1.807) is 6.07 Å². The standard InChI is InChI=1S/C29H21F6N3O3/c30-17-8-15(1-4-26(39)40)7-16(9-17)10-18-14-37-28(38-18)21-11-19(2-3-23(21)31)41-27-22(13-29(33,34)35)20-5-6-36-25(20)12-24(27)32/h2-3,5-9,11-12,14,36H,1,4,10,13H2,(H,37,38)(H,39,40). The number of halogens is 6. The zero-order valence-electron chi connectivity index (χ0n) is 21.1. The van der Waals surface area contributed by atoms with E-state index in [0.29, 0.717) is 16.8 Å². The number of nitrogens with one attached hydrogen (secondary N) is 2. The number of aromatic nitrogens is 3. The van der Waals surface area contributed by atoms with E-state index in [4.69, 9.17) is 9.84 Å². The number of rotatable bonds is 9. The van der Waals surface area contributed by atoms with Crippen molar-refractivity contribution in [2.45, 2.75) is 31.9 Å². The van der Waals surface area contributed by atoms with Crippen molar-refractivity contribution in [1.29, 1.82) is 0 Å². The molecule has 0 spiro atoms. The van der Waals surface area contributed by atoms with Crippen molar-refractivity contribution in [2.24, 2.45) is 0 Å². The highest BCUT2D eigenvalue weighted by atomic mass is 19.4. The lowest BCUT2D eigenvalue weighted by molar-refractivity contribution is -0.137. The summed E-state index contributed by atoms with van der Waals surface area (Å²) in [6.07, 6.45) is -3.13. The lowest BCUT2D eigenvalue weighted by Crippen LogP contribution is -2.13. The molecule has 3 aromatic carbocycles. The van der Waals surface area contributed by atoms with Gasteiger partial charge in [-0.1, -0.05) is 6.07 Å². The number of ether oxygens (including phenoxy) is 1. The summed E-state index contributed by atoms with van der Waals surface area (Å²) >= 11 is 0. The Hall–Kier alpha value is -4.74. The van der Waals surface area contributed by atoms with Crippen molar-refractivity contribution in [1.82, 2.24) is 15.0 Å². The molecule has 41 heavy (non-hydrogen) atoms. The summed E-state index contributed by atoms with van der Waals surface area (Å²) in [6.45, 7) is 0. The van der Waals surface area contributed by atoms with Crippen molar-refractivity contribution in [2.75, 3.05) is 0 Å². The van der Waals surface area contributed by atoms with Gasteiger partial charge in [-0.2, -0.15) is 13.2 Å². The third-order valence-electron chi connectivity index (χ3n) is 6.32. The summed E-state index contributed by atoms with van der Waals surface area (Å²) in [5, 5.41) is 9.02. The molecule has 6 nitrogen and oxygen atoms in total. The Morgan fingerprint density at radius 3 is 2.51 bits per heavy atom. The molecule has 2 heterocycles. The predicted octanol–water partition coefficient (Wildman–Crippen LogP) is 7.48. The van der Waals surface area contributed by atoms with Crippen LogP contribution >= 0.6 is 0 Å². The molecule has 0 saturated carbocycles. The molecule has 0 unspecified atom stereocenters. The largest absolute Gasteiger partial charge is 0.481 e. The van der Waals surface area contributed by atoms with Crippen LogP contribution in [0.4, 0.5) is 26.3 Å². The maximum Gasteiger partial charge on any atom is 0.393 e. The number of hydrogen-bond donors (Lipinski definition) is 3. The number of fused-ring (bicyclic) bond motifs is 1. The Morgan fingerprint density at radius 1 is 0.976 bits per heavy atom. The van der Waals surface area contributed by atoms with Crippen LogP contribution in [0.1, 0.15) is 28.8 Å². The van der Waals surface area contributed by atoms with Gasteiger partial charge in [0.1, 0.15) is 23.2 Å². The molecule has 0 radical (unpaired) electrons. The van der Waals surface area contributed by atoms with Gasteiger partial charge < -0.3 is 19.8 Å². The van der Waals surface area contributed by atoms with E-state index < -0.39 is 47.3 Å². The fraction of sp³-hybridized carbons (Fsp3) is 0.172. The van der Waals surface area contributed by atoms with Crippen LogP contribution in [0.5, 0.6) is 11.5 Å². The van der Waals surface area contributed by atoms with E-state index in [-0.39, 0.29) is 47.3 Å². The van der Waals surface area contributed by atoms with Crippen molar-refractivity contribution >= 4 is 16.9 Å². The van der Waals surface area contributed by atoms with E-state index in [2.05, 4.69) is 15.0 Å². The van der Waals surface area contributed by atoms with Gasteiger partial charge in [0.25, 0.3) is 0 Å². The molecule has 0 aliphatic heterocycles. The first-order valence-corrected chi connectivity index (χ1v) is 12.3. The molecule has 5 aromatic rings. The minimum absolute atomic E-state index is 0.0579. The highest BCUT2D eigenvalue weighted by Crippen LogP contribution is 2.39. The molecule has 0 atom stereocenters. The summed E-state index contributed by atoms with van der Waals surface area (Å²) in [5.74, 6) is -3.98. The number of hydrogen-bond acceptors (Lipinski definition) is 3. The second-order valence-corrected chi connectivity index (χ2v) is 9.44. The number of nitrogens with zero attached hydrogens (tertiary/aromatic N) is 1. The maximum absolute atomic E-state index is 14.9. The summed E-state index contributed by atoms with van der Waals surface area (Å²) in [6, 6.07) is 9.97. The van der Waals surface area contributed by atoms with Crippen molar-refractivity contribution in [3.05, 3.63) is 101 Å². The number of carboxylic acid groups (broad SMARTS) is 1. The van der Waals surface area contributed by atoms with E-state index in [0.717, 1.165) is 18.2 Å². The van der Waals surface area contributed by atoms with Crippen LogP contribution < -0.4 is 4.74 Å². The summed E-state index contributed by atoms with van der Waals surface area (Å²) < 4.78 is 89.4. The molecule has 2 aromatic heterocycles. The van der Waals surface area contributed by atoms with Crippen LogP contribution in [0.2, 0.25) is 0 Å². The third-order valence-corrected chi connectivity index (χ3v) is 6.32. The first kappa shape index (κ1) is 27.8. The number of imidazole rings is 1. The number of carbonyl (C=O) groups is 1. The van der Waals surface area contributed by atoms with Gasteiger partial charge in [0.15, 0.2) is 11.6 Å². The molecule has 0 aliphatic rings. The minimum Gasteiger partial charge on any atom is -0.481 e. The van der Waals surface area contributed by atoms with E-state index >= 15 is 0 Å². The Kier molecular flexibility index (Phi) is 7.48. The molecule has 5 rings (SSSR count). The average molecular weight is 573 g/mol. The molecule has 0 aliphatic carbocycles. The Balaban J connectivity index is 1.42. The fourth-order valence-corrected chi connectivity index (χ4v) is 4.60. The first-order valence-electron chi connectivity index (χ1n) is 12.3. The van der Waals surface area contributed by atoms with Gasteiger partial charge in [0, 0.05) is 53.5 Å². The van der Waals surface area contributed by atoms with Crippen LogP contribution in [0.25, 0.3) is 22.3 Å². The Morgan fingerprint density at radius 2 is 1.76 bits per heavy atom. The number of aliphatic carboxylic acids is 1. The normalized spacial score (nSPS) is 11.8. The van der Waals surface area contributed by atoms with E-state index in [1.807, 2.05) is 0 Å². The van der Waals surface area contributed by atoms with Gasteiger partial charge in [-0.25, -0.2) is 18.2 Å². The molecule has 12 heteroatoms. The molecule has 0 bridgehead atoms. The molecule has 0 amide bonds. The topological polar surface area (TPSA) is 91.0 Å². The number of carboxylic acids is 1. The number of aromatic amines is 2. The van der Waals surface area contributed by atoms with Crippen LogP contribution in [0, 0.1) is 17.5 Å². The fourth-order valence-electron chi connectivity index (χ4n) is 4.60. The van der Waals surface area contributed by atoms with Crippen LogP contribution in [-0.2, 0) is 24.1 Å². The van der Waals surface area contributed by atoms with Crippen molar-refractivity contribution in [3.8, 4) is 22.9 Å². The minimum atomic E-state index is -4.65. The van der Waals surface area contributed by atoms with Gasteiger partial charge in [-0.3, -0.25) is 4.79 Å². The van der Waals surface area contributed by atoms with E-state index in [9.17, 15) is 31.1 Å². The molecular weight excluding hydrogens is 552 g/mol. The second kappa shape index (κ2) is 11.0. The molecule has 3 N–H and O–H groups in total. The van der Waals surface area contributed by atoms with Gasteiger partial charge in [-0.15, -0.1) is 0 Å². The quantitative estimate of drug-likeness (QED) is 0.160. The number of aryl methyl sites for hydroxylation is 1. The molecule has 212 valence electrons. The average Bonchev–Trinajstić information content (AvgIpc) is 3.54. The first-order chi connectivity index (χ1) is 19.4. The highest BCUT2D eigenvalue weighted by Gasteiger charge is 2.32. The van der Waals surface area contributed by atoms with Crippen LogP contribution in [0.3, 0.4) is 0 Å². The maximum atomic E-state index is 14.9. The summed E-state index contributed by atoms with van der Waals surface area (Å²) in [4.78, 5) is 20.6. The smallest absolute Gasteiger partial charge is 0.393 e. The van der Waals surface area contributed by atoms with E-state index in [1.165, 1.54) is 36.7 Å². The monoisotopic (exact) mass is 573 g/mol.